The summed E-state index contributed by atoms with van der Waals surface area (Å²) in [6.45, 7) is 1.53. The number of fused-ring (bicyclic) bond motifs is 1. The average Bonchev–Trinajstić information content (AvgIpc) is 3.37. The summed E-state index contributed by atoms with van der Waals surface area (Å²) in [5.74, 6) is 2.28. The lowest BCUT2D eigenvalue weighted by Crippen LogP contribution is -2.39. The quantitative estimate of drug-likeness (QED) is 0.531. The maximum atomic E-state index is 13.2. The molecular formula is C27H31N3O3. The Hall–Kier alpha value is -3.15. The highest BCUT2D eigenvalue weighted by atomic mass is 16.5. The highest BCUT2D eigenvalue weighted by molar-refractivity contribution is 6.05. The molecule has 1 aliphatic heterocycles. The van der Waals surface area contributed by atoms with Crippen molar-refractivity contribution in [2.45, 2.75) is 51.0 Å². The molecular weight excluding hydrogens is 414 g/mol. The standard InChI is InChI=1S/C27H31N3O3/c1-32-25-11-10-20(17-26(25)33-21-6-2-3-7-21)16-19-12-14-30(15-13-19)27(31)23-18-28-29-24-9-5-4-8-22(23)24/h4-5,8-11,17-19,21H,2-3,6-7,12-16H2,1H3. The van der Waals surface area contributed by atoms with E-state index in [0.717, 1.165) is 67.6 Å². The van der Waals surface area contributed by atoms with Crippen molar-refractivity contribution in [3.8, 4) is 11.5 Å². The minimum absolute atomic E-state index is 0.0521. The zero-order valence-corrected chi connectivity index (χ0v) is 19.2. The number of amides is 1. The molecule has 1 aromatic heterocycles. The van der Waals surface area contributed by atoms with Gasteiger partial charge in [0.05, 0.1) is 30.5 Å². The molecule has 1 amide bonds. The van der Waals surface area contributed by atoms with Crippen molar-refractivity contribution in [1.29, 1.82) is 0 Å². The van der Waals surface area contributed by atoms with Gasteiger partial charge in [-0.1, -0.05) is 24.3 Å². The smallest absolute Gasteiger partial charge is 0.256 e. The molecule has 2 aliphatic rings. The monoisotopic (exact) mass is 445 g/mol. The van der Waals surface area contributed by atoms with Gasteiger partial charge in [-0.2, -0.15) is 10.2 Å². The zero-order chi connectivity index (χ0) is 22.6. The number of hydrogen-bond donors (Lipinski definition) is 0. The first-order chi connectivity index (χ1) is 16.2. The molecule has 2 fully saturated rings. The van der Waals surface area contributed by atoms with E-state index in [1.165, 1.54) is 18.4 Å². The normalized spacial score (nSPS) is 17.4. The van der Waals surface area contributed by atoms with Crippen LogP contribution in [-0.4, -0.2) is 47.3 Å². The maximum Gasteiger partial charge on any atom is 0.256 e. The van der Waals surface area contributed by atoms with Gasteiger partial charge < -0.3 is 14.4 Å². The van der Waals surface area contributed by atoms with E-state index in [1.807, 2.05) is 35.2 Å². The van der Waals surface area contributed by atoms with Crippen LogP contribution in [0.1, 0.15) is 54.4 Å². The largest absolute Gasteiger partial charge is 0.493 e. The van der Waals surface area contributed by atoms with Crippen LogP contribution in [0.5, 0.6) is 11.5 Å². The van der Waals surface area contributed by atoms with Gasteiger partial charge in [0.25, 0.3) is 5.91 Å². The second-order valence-corrected chi connectivity index (χ2v) is 9.22. The molecule has 33 heavy (non-hydrogen) atoms. The van der Waals surface area contributed by atoms with Crippen molar-refractivity contribution >= 4 is 16.8 Å². The van der Waals surface area contributed by atoms with Gasteiger partial charge in [0.2, 0.25) is 0 Å². The van der Waals surface area contributed by atoms with E-state index in [9.17, 15) is 4.79 Å². The Morgan fingerprint density at radius 2 is 1.82 bits per heavy atom. The molecule has 172 valence electrons. The summed E-state index contributed by atoms with van der Waals surface area (Å²) in [7, 11) is 1.70. The van der Waals surface area contributed by atoms with Crippen LogP contribution in [0, 0.1) is 5.92 Å². The van der Waals surface area contributed by atoms with Crippen LogP contribution in [0.15, 0.2) is 48.7 Å². The molecule has 0 radical (unpaired) electrons. The molecule has 0 unspecified atom stereocenters. The lowest BCUT2D eigenvalue weighted by atomic mass is 9.89. The van der Waals surface area contributed by atoms with Crippen LogP contribution >= 0.6 is 0 Å². The van der Waals surface area contributed by atoms with E-state index in [1.54, 1.807) is 13.3 Å². The number of hydrogen-bond acceptors (Lipinski definition) is 5. The van der Waals surface area contributed by atoms with Crippen molar-refractivity contribution in [3.63, 3.8) is 0 Å². The van der Waals surface area contributed by atoms with E-state index in [4.69, 9.17) is 9.47 Å². The van der Waals surface area contributed by atoms with Gasteiger partial charge in [0.15, 0.2) is 11.5 Å². The zero-order valence-electron chi connectivity index (χ0n) is 19.2. The predicted octanol–water partition coefficient (Wildman–Crippen LogP) is 5.05. The number of ether oxygens (including phenoxy) is 2. The number of nitrogens with zero attached hydrogens (tertiary/aromatic N) is 3. The summed E-state index contributed by atoms with van der Waals surface area (Å²) in [4.78, 5) is 15.1. The topological polar surface area (TPSA) is 64.5 Å². The highest BCUT2D eigenvalue weighted by Gasteiger charge is 2.26. The van der Waals surface area contributed by atoms with Crippen LogP contribution in [0.3, 0.4) is 0 Å². The Morgan fingerprint density at radius 3 is 2.61 bits per heavy atom. The molecule has 0 N–H and O–H groups in total. The second-order valence-electron chi connectivity index (χ2n) is 9.22. The van der Waals surface area contributed by atoms with E-state index in [0.29, 0.717) is 17.6 Å². The van der Waals surface area contributed by atoms with Gasteiger partial charge in [-0.3, -0.25) is 4.79 Å². The fraction of sp³-hybridized carbons (Fsp3) is 0.444. The summed E-state index contributed by atoms with van der Waals surface area (Å²) in [5.41, 5.74) is 2.68. The first-order valence-corrected chi connectivity index (χ1v) is 12.0. The number of carbonyl (C=O) groups excluding carboxylic acids is 1. The SMILES string of the molecule is COc1ccc(CC2CCN(C(=O)c3cnnc4ccccc34)CC2)cc1OC1CCCC1. The van der Waals surface area contributed by atoms with Crippen LogP contribution in [0.25, 0.3) is 10.9 Å². The van der Waals surface area contributed by atoms with Gasteiger partial charge in [0, 0.05) is 18.5 Å². The fourth-order valence-electron chi connectivity index (χ4n) is 5.15. The summed E-state index contributed by atoms with van der Waals surface area (Å²) in [5, 5.41) is 9.05. The molecule has 0 atom stereocenters. The molecule has 6 nitrogen and oxygen atoms in total. The van der Waals surface area contributed by atoms with Crippen molar-refractivity contribution in [2.24, 2.45) is 5.92 Å². The molecule has 5 rings (SSSR count). The average molecular weight is 446 g/mol. The Bertz CT molecular complexity index is 1110. The van der Waals surface area contributed by atoms with Crippen molar-refractivity contribution < 1.29 is 14.3 Å². The van der Waals surface area contributed by atoms with E-state index >= 15 is 0 Å². The lowest BCUT2D eigenvalue weighted by Gasteiger charge is -2.32. The Morgan fingerprint density at radius 1 is 1.03 bits per heavy atom. The molecule has 6 heteroatoms. The first-order valence-electron chi connectivity index (χ1n) is 12.0. The number of benzene rings is 2. The third kappa shape index (κ3) is 4.80. The number of carbonyl (C=O) groups is 1. The van der Waals surface area contributed by atoms with Gasteiger partial charge in [-0.15, -0.1) is 0 Å². The Kier molecular flexibility index (Phi) is 6.42. The summed E-state index contributed by atoms with van der Waals surface area (Å²) in [6.07, 6.45) is 9.63. The summed E-state index contributed by atoms with van der Waals surface area (Å²) in [6, 6.07) is 14.0. The van der Waals surface area contributed by atoms with Crippen LogP contribution < -0.4 is 9.47 Å². The predicted molar refractivity (Wildman–Crippen MR) is 128 cm³/mol. The summed E-state index contributed by atoms with van der Waals surface area (Å²) < 4.78 is 11.8. The molecule has 0 bridgehead atoms. The van der Waals surface area contributed by atoms with E-state index in [2.05, 4.69) is 22.3 Å². The maximum absolute atomic E-state index is 13.2. The first kappa shape index (κ1) is 21.7. The Labute approximate surface area is 194 Å². The van der Waals surface area contributed by atoms with Gasteiger partial charge in [-0.25, -0.2) is 0 Å². The summed E-state index contributed by atoms with van der Waals surface area (Å²) >= 11 is 0. The Balaban J connectivity index is 1.22. The number of piperidine rings is 1. The second kappa shape index (κ2) is 9.77. The minimum Gasteiger partial charge on any atom is -0.493 e. The molecule has 1 saturated heterocycles. The van der Waals surface area contributed by atoms with Crippen LogP contribution in [0.2, 0.25) is 0 Å². The highest BCUT2D eigenvalue weighted by Crippen LogP contribution is 2.34. The van der Waals surface area contributed by atoms with Crippen molar-refractivity contribution in [1.82, 2.24) is 15.1 Å². The molecule has 1 saturated carbocycles. The van der Waals surface area contributed by atoms with E-state index in [-0.39, 0.29) is 5.91 Å². The molecule has 0 spiro atoms. The van der Waals surface area contributed by atoms with Gasteiger partial charge in [-0.05, 0) is 74.6 Å². The molecule has 3 aromatic rings. The van der Waals surface area contributed by atoms with Crippen molar-refractivity contribution in [3.05, 3.63) is 59.8 Å². The molecule has 1 aliphatic carbocycles. The van der Waals surface area contributed by atoms with E-state index < -0.39 is 0 Å². The minimum atomic E-state index is 0.0521. The van der Waals surface area contributed by atoms with Gasteiger partial charge in [0.1, 0.15) is 0 Å². The van der Waals surface area contributed by atoms with Crippen LogP contribution in [0.4, 0.5) is 0 Å². The molecule has 2 aromatic carbocycles. The number of rotatable bonds is 6. The van der Waals surface area contributed by atoms with Gasteiger partial charge >= 0.3 is 0 Å². The number of likely N-dealkylation sites (tertiary alicyclic amines) is 1. The number of aromatic nitrogens is 2. The fourth-order valence-corrected chi connectivity index (χ4v) is 5.15. The van der Waals surface area contributed by atoms with Crippen LogP contribution in [-0.2, 0) is 6.42 Å². The third-order valence-corrected chi connectivity index (χ3v) is 7.03. The lowest BCUT2D eigenvalue weighted by molar-refractivity contribution is 0.0692. The molecule has 2 heterocycles. The van der Waals surface area contributed by atoms with Crippen molar-refractivity contribution in [2.75, 3.05) is 20.2 Å². The third-order valence-electron chi connectivity index (χ3n) is 7.03. The number of methoxy groups -OCH3 is 1.